The number of benzene rings is 3. The number of aromatic nitrogens is 2. The van der Waals surface area contributed by atoms with Gasteiger partial charge in [0.05, 0.1) is 40.1 Å². The van der Waals surface area contributed by atoms with E-state index in [4.69, 9.17) is 21.1 Å². The molecular formula is C26H25ClN7O5S+. The van der Waals surface area contributed by atoms with Gasteiger partial charge in [-0.15, -0.1) is 0 Å². The van der Waals surface area contributed by atoms with Crippen molar-refractivity contribution in [3.05, 3.63) is 77.3 Å². The van der Waals surface area contributed by atoms with Crippen LogP contribution in [0.4, 0.5) is 23.0 Å². The lowest BCUT2D eigenvalue weighted by Crippen LogP contribution is -2.19. The summed E-state index contributed by atoms with van der Waals surface area (Å²) >= 11 is 6.40. The Morgan fingerprint density at radius 1 is 1.05 bits per heavy atom. The molecule has 1 amide bonds. The third-order valence-corrected chi connectivity index (χ3v) is 6.56. The molecule has 4 rings (SSSR count). The van der Waals surface area contributed by atoms with Gasteiger partial charge in [0.2, 0.25) is 20.9 Å². The molecular weight excluding hydrogens is 558 g/mol. The van der Waals surface area contributed by atoms with Gasteiger partial charge in [-0.2, -0.15) is 0 Å². The van der Waals surface area contributed by atoms with Crippen molar-refractivity contribution in [1.82, 2.24) is 14.9 Å². The average Bonchev–Trinajstić information content (AvgIpc) is 2.96. The lowest BCUT2D eigenvalue weighted by molar-refractivity contribution is 0.0992. The molecule has 0 bridgehead atoms. The lowest BCUT2D eigenvalue weighted by Gasteiger charge is -2.21. The minimum Gasteiger partial charge on any atom is -0.497 e. The second-order valence-electron chi connectivity index (χ2n) is 8.16. The lowest BCUT2D eigenvalue weighted by atomic mass is 10.2. The average molecular weight is 583 g/mol. The molecule has 0 fully saturated rings. The van der Waals surface area contributed by atoms with Crippen molar-refractivity contribution >= 4 is 62.4 Å². The molecule has 14 heteroatoms. The Morgan fingerprint density at radius 3 is 2.55 bits per heavy atom. The number of carbonyl (C=O) groups is 1. The number of fused-ring (bicyclic) bond motifs is 1. The Hall–Kier alpha value is -4.42. The maximum absolute atomic E-state index is 12.7. The number of anilines is 4. The van der Waals surface area contributed by atoms with Gasteiger partial charge in [0.1, 0.15) is 17.4 Å². The predicted molar refractivity (Wildman–Crippen MR) is 152 cm³/mol. The molecule has 206 valence electrons. The first-order valence-electron chi connectivity index (χ1n) is 11.9. The maximum Gasteiger partial charge on any atom is 0.360 e. The molecule has 3 aromatic carbocycles. The van der Waals surface area contributed by atoms with Crippen LogP contribution in [0.5, 0.6) is 5.75 Å². The van der Waals surface area contributed by atoms with Crippen LogP contribution in [0.15, 0.2) is 77.0 Å². The minimum absolute atomic E-state index is 0.0342. The molecule has 0 aliphatic heterocycles. The summed E-state index contributed by atoms with van der Waals surface area (Å²) in [5.41, 5.74) is 1.64. The summed E-state index contributed by atoms with van der Waals surface area (Å²) in [7, 11) is -0.201. The Balaban J connectivity index is 1.76. The maximum atomic E-state index is 12.7. The number of halogens is 1. The summed E-state index contributed by atoms with van der Waals surface area (Å²) in [6.45, 7) is 0.861. The quantitative estimate of drug-likeness (QED) is 0.110. The number of methoxy groups -OCH3 is 2. The third kappa shape index (κ3) is 6.96. The van der Waals surface area contributed by atoms with E-state index in [1.165, 1.54) is 31.4 Å². The number of para-hydroxylation sites is 2. The number of nitrogens with one attached hydrogen (secondary N) is 1. The highest BCUT2D eigenvalue weighted by Crippen LogP contribution is 2.36. The van der Waals surface area contributed by atoms with Crippen LogP contribution in [0.2, 0.25) is 5.02 Å². The molecule has 0 saturated carbocycles. The predicted octanol–water partition coefficient (Wildman–Crippen LogP) is 4.85. The van der Waals surface area contributed by atoms with E-state index in [0.29, 0.717) is 47.1 Å². The van der Waals surface area contributed by atoms with Crippen LogP contribution in [0.3, 0.4) is 0 Å². The molecule has 0 aliphatic carbocycles. The summed E-state index contributed by atoms with van der Waals surface area (Å²) < 4.78 is 36.5. The fraction of sp³-hybridized carbons (Fsp3) is 0.192. The monoisotopic (exact) mass is 582 g/mol. The number of rotatable bonds is 11. The Labute approximate surface area is 236 Å². The molecule has 4 aromatic rings. The largest absolute Gasteiger partial charge is 0.497 e. The molecule has 0 radical (unpaired) electrons. The summed E-state index contributed by atoms with van der Waals surface area (Å²) in [5.74, 6) is -0.0864. The zero-order chi connectivity index (χ0) is 28.5. The SMILES string of the molecule is COCCCN=[N+]=NC(=O)c1cccc(N(c2nc3ccccc3nc2Nc2cc(OC)ccc2Cl)[SH](=O)=O)c1. The first-order valence-corrected chi connectivity index (χ1v) is 13.4. The van der Waals surface area contributed by atoms with Gasteiger partial charge in [0, 0.05) is 19.8 Å². The van der Waals surface area contributed by atoms with E-state index in [1.54, 1.807) is 49.6 Å². The highest BCUT2D eigenvalue weighted by Gasteiger charge is 2.23. The van der Waals surface area contributed by atoms with E-state index >= 15 is 0 Å². The third-order valence-electron chi connectivity index (χ3n) is 5.49. The van der Waals surface area contributed by atoms with Crippen molar-refractivity contribution in [3.8, 4) is 5.75 Å². The molecule has 1 N–H and O–H groups in total. The number of amides is 1. The van der Waals surface area contributed by atoms with Crippen molar-refractivity contribution in [3.63, 3.8) is 0 Å². The van der Waals surface area contributed by atoms with Gasteiger partial charge in [-0.1, -0.05) is 29.8 Å². The van der Waals surface area contributed by atoms with Crippen LogP contribution in [-0.2, 0) is 15.6 Å². The second-order valence-corrected chi connectivity index (χ2v) is 9.44. The smallest absolute Gasteiger partial charge is 0.360 e. The first kappa shape index (κ1) is 28.6. The van der Waals surface area contributed by atoms with Crippen molar-refractivity contribution < 1.29 is 22.7 Å². The summed E-state index contributed by atoms with van der Waals surface area (Å²) in [6, 6.07) is 17.9. The van der Waals surface area contributed by atoms with E-state index in [-0.39, 0.29) is 22.9 Å². The zero-order valence-electron chi connectivity index (χ0n) is 21.5. The molecule has 0 unspecified atom stereocenters. The van der Waals surface area contributed by atoms with Gasteiger partial charge >= 0.3 is 5.91 Å². The Bertz CT molecular complexity index is 1670. The molecule has 0 atom stereocenters. The van der Waals surface area contributed by atoms with Gasteiger partial charge in [0.15, 0.2) is 11.6 Å². The standard InChI is InChI=1S/C26H24ClN7O5S/c1-38-14-6-13-28-33-32-26(35)17-7-5-8-18(15-17)34(40(36)37)25-24(29-21-9-3-4-10-22(21)31-25)30-23-16-19(39-2)11-12-20(23)27/h3-5,7-12,15-16,40H,6,13-14H2,1-2H3/p+1. The summed E-state index contributed by atoms with van der Waals surface area (Å²) in [5, 5.41) is 10.8. The molecule has 1 heterocycles. The van der Waals surface area contributed by atoms with Crippen molar-refractivity contribution in [1.29, 1.82) is 0 Å². The second kappa shape index (κ2) is 13.6. The van der Waals surface area contributed by atoms with Crippen LogP contribution in [-0.4, -0.2) is 51.7 Å². The molecule has 0 spiro atoms. The first-order chi connectivity index (χ1) is 19.4. The Morgan fingerprint density at radius 2 is 1.82 bits per heavy atom. The number of hydrogen-bond donors (Lipinski definition) is 2. The highest BCUT2D eigenvalue weighted by molar-refractivity contribution is 7.74. The topological polar surface area (TPSA) is 150 Å². The summed E-state index contributed by atoms with van der Waals surface area (Å²) in [4.78, 5) is 25.4. The normalized spacial score (nSPS) is 10.7. The van der Waals surface area contributed by atoms with E-state index in [0.717, 1.165) is 4.31 Å². The van der Waals surface area contributed by atoms with Crippen LogP contribution in [0.25, 0.3) is 11.0 Å². The number of hydrogen-bond acceptors (Lipinski definition) is 9. The van der Waals surface area contributed by atoms with Crippen molar-refractivity contribution in [2.45, 2.75) is 6.42 Å². The highest BCUT2D eigenvalue weighted by atomic mass is 35.5. The van der Waals surface area contributed by atoms with Gasteiger partial charge < -0.3 is 14.8 Å². The van der Waals surface area contributed by atoms with Crippen LogP contribution < -0.4 is 19.3 Å². The van der Waals surface area contributed by atoms with Gasteiger partial charge in [-0.25, -0.2) is 22.7 Å². The molecule has 40 heavy (non-hydrogen) atoms. The molecule has 0 aliphatic rings. The van der Waals surface area contributed by atoms with Crippen molar-refractivity contribution in [2.75, 3.05) is 37.0 Å². The van der Waals surface area contributed by atoms with Gasteiger partial charge in [-0.05, 0) is 48.9 Å². The molecule has 0 saturated heterocycles. The number of thiol groups is 1. The minimum atomic E-state index is -3.29. The molecule has 12 nitrogen and oxygen atoms in total. The van der Waals surface area contributed by atoms with Gasteiger partial charge in [0.25, 0.3) is 0 Å². The fourth-order valence-corrected chi connectivity index (χ4v) is 4.37. The van der Waals surface area contributed by atoms with E-state index in [9.17, 15) is 13.2 Å². The number of nitrogens with zero attached hydrogens (tertiary/aromatic N) is 6. The molecule has 1 aromatic heterocycles. The number of carbonyl (C=O) groups excluding carboxylic acids is 1. The zero-order valence-corrected chi connectivity index (χ0v) is 23.2. The van der Waals surface area contributed by atoms with Crippen molar-refractivity contribution in [2.24, 2.45) is 10.2 Å². The fourth-order valence-electron chi connectivity index (χ4n) is 3.60. The van der Waals surface area contributed by atoms with E-state index < -0.39 is 16.8 Å². The van der Waals surface area contributed by atoms with E-state index in [1.807, 2.05) is 0 Å². The van der Waals surface area contributed by atoms with Crippen LogP contribution >= 0.6 is 11.6 Å². The van der Waals surface area contributed by atoms with Gasteiger partial charge in [-0.3, -0.25) is 4.79 Å². The number of ether oxygens (including phenoxy) is 2. The Kier molecular flexibility index (Phi) is 9.71. The summed E-state index contributed by atoms with van der Waals surface area (Å²) in [6.07, 6.45) is 0.634. The van der Waals surface area contributed by atoms with Crippen LogP contribution in [0.1, 0.15) is 16.8 Å². The van der Waals surface area contributed by atoms with Crippen LogP contribution in [0, 0.1) is 0 Å². The van der Waals surface area contributed by atoms with E-state index in [2.05, 4.69) is 30.4 Å².